The second-order valence-corrected chi connectivity index (χ2v) is 6.39. The van der Waals surface area contributed by atoms with E-state index in [2.05, 4.69) is 10.2 Å². The molecule has 0 bridgehead atoms. The maximum atomic E-state index is 12.3. The normalized spacial score (nSPS) is 10.8. The fourth-order valence-electron chi connectivity index (χ4n) is 2.24. The number of hydrogen-bond donors (Lipinski definition) is 1. The number of carbonyl (C=O) groups is 1. The van der Waals surface area contributed by atoms with Crippen LogP contribution in [0.3, 0.4) is 0 Å². The third-order valence-electron chi connectivity index (χ3n) is 3.45. The van der Waals surface area contributed by atoms with Gasteiger partial charge in [0.05, 0.1) is 17.7 Å². The highest BCUT2D eigenvalue weighted by Gasteiger charge is 2.14. The third-order valence-corrected chi connectivity index (χ3v) is 4.63. The van der Waals surface area contributed by atoms with E-state index in [0.29, 0.717) is 24.3 Å². The van der Waals surface area contributed by atoms with Crippen LogP contribution < -0.4 is 0 Å². The summed E-state index contributed by atoms with van der Waals surface area (Å²) in [5.74, 6) is 1.56. The maximum absolute atomic E-state index is 12.3. The number of furan rings is 1. The van der Waals surface area contributed by atoms with Gasteiger partial charge in [-0.2, -0.15) is 5.10 Å². The van der Waals surface area contributed by atoms with Crippen LogP contribution in [0.1, 0.15) is 12.2 Å². The van der Waals surface area contributed by atoms with E-state index >= 15 is 0 Å². The molecule has 0 aliphatic heterocycles. The number of nitrogens with zero attached hydrogens (tertiary/aromatic N) is 3. The molecule has 3 aromatic heterocycles. The van der Waals surface area contributed by atoms with E-state index in [4.69, 9.17) is 16.6 Å². The second kappa shape index (κ2) is 6.93. The minimum atomic E-state index is 0.0293. The molecule has 0 aliphatic rings. The molecule has 8 heteroatoms. The van der Waals surface area contributed by atoms with Crippen molar-refractivity contribution in [3.63, 3.8) is 0 Å². The van der Waals surface area contributed by atoms with Gasteiger partial charge in [0.25, 0.3) is 0 Å². The Morgan fingerprint density at radius 2 is 2.35 bits per heavy atom. The fraction of sp³-hybridized carbons (Fsp3) is 0.267. The smallest absolute Gasteiger partial charge is 0.224 e. The van der Waals surface area contributed by atoms with Crippen molar-refractivity contribution >= 4 is 29.5 Å². The molecule has 0 atom stereocenters. The Hall–Kier alpha value is -2.19. The quantitative estimate of drug-likeness (QED) is 0.694. The summed E-state index contributed by atoms with van der Waals surface area (Å²) in [5.41, 5.74) is 0. The van der Waals surface area contributed by atoms with Gasteiger partial charge >= 0.3 is 0 Å². The van der Waals surface area contributed by atoms with Gasteiger partial charge in [-0.1, -0.05) is 6.07 Å². The molecule has 120 valence electrons. The summed E-state index contributed by atoms with van der Waals surface area (Å²) in [7, 11) is 1.76. The molecule has 0 aliphatic carbocycles. The van der Waals surface area contributed by atoms with Gasteiger partial charge in [-0.05, 0) is 35.8 Å². The molecule has 3 aromatic rings. The van der Waals surface area contributed by atoms with Crippen LogP contribution in [0.4, 0.5) is 0 Å². The molecule has 0 aromatic carbocycles. The molecule has 23 heavy (non-hydrogen) atoms. The van der Waals surface area contributed by atoms with E-state index in [-0.39, 0.29) is 5.91 Å². The Morgan fingerprint density at radius 3 is 3.04 bits per heavy atom. The summed E-state index contributed by atoms with van der Waals surface area (Å²) >= 11 is 6.86. The highest BCUT2D eigenvalue weighted by Crippen LogP contribution is 2.23. The molecule has 0 radical (unpaired) electrons. The molecule has 0 saturated carbocycles. The van der Waals surface area contributed by atoms with Crippen molar-refractivity contribution in [2.24, 2.45) is 0 Å². The number of hydrogen-bond acceptors (Lipinski definition) is 5. The number of carbonyl (C=O) groups excluding carboxylic acids is 1. The summed E-state index contributed by atoms with van der Waals surface area (Å²) < 4.78 is 7.65. The molecule has 0 fully saturated rings. The minimum Gasteiger partial charge on any atom is -0.467 e. The van der Waals surface area contributed by atoms with Crippen LogP contribution in [0.15, 0.2) is 40.3 Å². The van der Waals surface area contributed by atoms with E-state index in [1.165, 1.54) is 0 Å². The number of amides is 1. The number of aromatic amines is 1. The topological polar surface area (TPSA) is 67.1 Å². The number of H-pyrrole nitrogens is 1. The van der Waals surface area contributed by atoms with Crippen LogP contribution in [0.5, 0.6) is 0 Å². The number of aromatic nitrogens is 3. The van der Waals surface area contributed by atoms with Gasteiger partial charge in [-0.25, -0.2) is 0 Å². The number of nitrogens with one attached hydrogen (secondary N) is 1. The predicted octanol–water partition coefficient (Wildman–Crippen LogP) is 3.31. The Kier molecular flexibility index (Phi) is 4.73. The molecule has 0 spiro atoms. The van der Waals surface area contributed by atoms with E-state index < -0.39 is 0 Å². The van der Waals surface area contributed by atoms with Crippen molar-refractivity contribution in [1.82, 2.24) is 19.7 Å². The summed E-state index contributed by atoms with van der Waals surface area (Å²) in [6, 6.07) is 7.61. The predicted molar refractivity (Wildman–Crippen MR) is 90.5 cm³/mol. The molecule has 0 saturated heterocycles. The van der Waals surface area contributed by atoms with Gasteiger partial charge in [0.15, 0.2) is 10.6 Å². The fourth-order valence-corrected chi connectivity index (χ4v) is 3.19. The minimum absolute atomic E-state index is 0.0293. The summed E-state index contributed by atoms with van der Waals surface area (Å²) in [5, 5.41) is 9.04. The SMILES string of the molecule is CN(Cc1ccco1)C(=O)CCn1c(-c2cccs2)n[nH]c1=S. The Labute approximate surface area is 142 Å². The lowest BCUT2D eigenvalue weighted by atomic mass is 10.3. The van der Waals surface area contributed by atoms with Crippen molar-refractivity contribution in [3.8, 4) is 10.7 Å². The summed E-state index contributed by atoms with van der Waals surface area (Å²) in [6.07, 6.45) is 1.95. The Bertz CT molecular complexity index is 818. The van der Waals surface area contributed by atoms with Crippen molar-refractivity contribution in [2.45, 2.75) is 19.5 Å². The van der Waals surface area contributed by atoms with Crippen LogP contribution in [0, 0.1) is 4.77 Å². The average molecular weight is 348 g/mol. The molecule has 6 nitrogen and oxygen atoms in total. The molecule has 3 heterocycles. The molecular weight excluding hydrogens is 332 g/mol. The van der Waals surface area contributed by atoms with Crippen LogP contribution in [0.2, 0.25) is 0 Å². The monoisotopic (exact) mass is 348 g/mol. The zero-order valence-corrected chi connectivity index (χ0v) is 14.2. The van der Waals surface area contributed by atoms with Gasteiger partial charge in [0, 0.05) is 20.0 Å². The second-order valence-electron chi connectivity index (χ2n) is 5.06. The van der Waals surface area contributed by atoms with Gasteiger partial charge in [-0.15, -0.1) is 11.3 Å². The number of rotatable bonds is 6. The van der Waals surface area contributed by atoms with Crippen molar-refractivity contribution in [3.05, 3.63) is 46.4 Å². The first-order valence-corrected chi connectivity index (χ1v) is 8.39. The van der Waals surface area contributed by atoms with Crippen molar-refractivity contribution < 1.29 is 9.21 Å². The van der Waals surface area contributed by atoms with Crippen LogP contribution in [0.25, 0.3) is 10.7 Å². The maximum Gasteiger partial charge on any atom is 0.224 e. The highest BCUT2D eigenvalue weighted by molar-refractivity contribution is 7.71. The third kappa shape index (κ3) is 3.59. The van der Waals surface area contributed by atoms with E-state index in [1.807, 2.05) is 34.2 Å². The average Bonchev–Trinajstić information content (AvgIpc) is 3.26. The van der Waals surface area contributed by atoms with Gasteiger partial charge in [0.2, 0.25) is 5.91 Å². The van der Waals surface area contributed by atoms with Crippen molar-refractivity contribution in [1.29, 1.82) is 0 Å². The lowest BCUT2D eigenvalue weighted by molar-refractivity contribution is -0.130. The van der Waals surface area contributed by atoms with Crippen LogP contribution in [-0.4, -0.2) is 32.6 Å². The summed E-state index contributed by atoms with van der Waals surface area (Å²) in [4.78, 5) is 15.0. The van der Waals surface area contributed by atoms with E-state index in [1.54, 1.807) is 29.5 Å². The molecular formula is C15H16N4O2S2. The van der Waals surface area contributed by atoms with Crippen LogP contribution in [-0.2, 0) is 17.9 Å². The molecule has 0 unspecified atom stereocenters. The largest absolute Gasteiger partial charge is 0.467 e. The van der Waals surface area contributed by atoms with Crippen molar-refractivity contribution in [2.75, 3.05) is 7.05 Å². The molecule has 1 amide bonds. The lowest BCUT2D eigenvalue weighted by Gasteiger charge is -2.16. The van der Waals surface area contributed by atoms with Gasteiger partial charge < -0.3 is 9.32 Å². The first-order valence-electron chi connectivity index (χ1n) is 7.10. The number of thiophene rings is 1. The zero-order chi connectivity index (χ0) is 16.2. The Balaban J connectivity index is 1.65. The molecule has 1 N–H and O–H groups in total. The highest BCUT2D eigenvalue weighted by atomic mass is 32.1. The van der Waals surface area contributed by atoms with Gasteiger partial charge in [-0.3, -0.25) is 14.5 Å². The standard InChI is InChI=1S/C15H16N4O2S2/c1-18(10-11-4-2-8-21-11)13(20)6-7-19-14(16-17-15(19)22)12-5-3-9-23-12/h2-5,8-9H,6-7,10H2,1H3,(H,17,22). The zero-order valence-electron chi connectivity index (χ0n) is 12.6. The Morgan fingerprint density at radius 1 is 1.48 bits per heavy atom. The molecule has 3 rings (SSSR count). The first kappa shape index (κ1) is 15.7. The van der Waals surface area contributed by atoms with E-state index in [0.717, 1.165) is 16.5 Å². The lowest BCUT2D eigenvalue weighted by Crippen LogP contribution is -2.27. The first-order chi connectivity index (χ1) is 11.1. The summed E-state index contributed by atoms with van der Waals surface area (Å²) in [6.45, 7) is 0.949. The van der Waals surface area contributed by atoms with Crippen LogP contribution >= 0.6 is 23.6 Å². The van der Waals surface area contributed by atoms with E-state index in [9.17, 15) is 4.79 Å². The van der Waals surface area contributed by atoms with Gasteiger partial charge in [0.1, 0.15) is 5.76 Å².